The van der Waals surface area contributed by atoms with E-state index in [-0.39, 0.29) is 5.91 Å². The van der Waals surface area contributed by atoms with Crippen molar-refractivity contribution in [3.63, 3.8) is 0 Å². The number of nitrogens with zero attached hydrogens (tertiary/aromatic N) is 1. The Balaban J connectivity index is 2.12. The van der Waals surface area contributed by atoms with Crippen LogP contribution in [0.5, 0.6) is 0 Å². The van der Waals surface area contributed by atoms with E-state index in [9.17, 15) is 4.79 Å². The van der Waals surface area contributed by atoms with Gasteiger partial charge in [0, 0.05) is 32.3 Å². The maximum atomic E-state index is 12.6. The number of piperazine rings is 1. The summed E-state index contributed by atoms with van der Waals surface area (Å²) in [7, 11) is 0. The predicted molar refractivity (Wildman–Crippen MR) is 74.9 cm³/mol. The van der Waals surface area contributed by atoms with E-state index in [1.165, 1.54) is 0 Å². The molecule has 1 aliphatic rings. The Bertz CT molecular complexity index is 408. The second-order valence-corrected chi connectivity index (χ2v) is 4.89. The van der Waals surface area contributed by atoms with Crippen molar-refractivity contribution in [3.05, 3.63) is 35.9 Å². The highest BCUT2D eigenvalue weighted by Crippen LogP contribution is 2.20. The Kier molecular flexibility index (Phi) is 4.93. The van der Waals surface area contributed by atoms with Gasteiger partial charge in [-0.2, -0.15) is 0 Å². The lowest BCUT2D eigenvalue weighted by molar-refractivity contribution is -0.145. The first kappa shape index (κ1) is 14.0. The lowest BCUT2D eigenvalue weighted by Gasteiger charge is -2.34. The third kappa shape index (κ3) is 3.55. The van der Waals surface area contributed by atoms with Crippen LogP contribution in [0.2, 0.25) is 0 Å². The van der Waals surface area contributed by atoms with Gasteiger partial charge in [0.2, 0.25) is 0 Å². The number of rotatable bonds is 4. The molecule has 1 fully saturated rings. The minimum absolute atomic E-state index is 0.0707. The first-order valence-corrected chi connectivity index (χ1v) is 6.91. The number of carbonyl (C=O) groups is 1. The van der Waals surface area contributed by atoms with Crippen LogP contribution in [-0.4, -0.2) is 43.1 Å². The maximum Gasteiger partial charge on any atom is 0.256 e. The molecule has 1 amide bonds. The monoisotopic (exact) mass is 262 g/mol. The molecule has 1 N–H and O–H groups in total. The third-order valence-corrected chi connectivity index (χ3v) is 3.34. The molecule has 0 aliphatic carbocycles. The molecule has 2 rings (SSSR count). The molecule has 0 aromatic heterocycles. The number of benzene rings is 1. The highest BCUT2D eigenvalue weighted by molar-refractivity contribution is 5.82. The first-order chi connectivity index (χ1) is 9.22. The highest BCUT2D eigenvalue weighted by atomic mass is 16.5. The minimum atomic E-state index is -0.475. The largest absolute Gasteiger partial charge is 0.364 e. The van der Waals surface area contributed by atoms with E-state index in [1.54, 1.807) is 0 Å². The van der Waals surface area contributed by atoms with Gasteiger partial charge in [0.25, 0.3) is 5.91 Å². The molecule has 104 valence electrons. The second-order valence-electron chi connectivity index (χ2n) is 4.89. The molecule has 2 unspecified atom stereocenters. The molecule has 1 aliphatic heterocycles. The van der Waals surface area contributed by atoms with E-state index < -0.39 is 6.10 Å². The van der Waals surface area contributed by atoms with E-state index in [4.69, 9.17) is 4.74 Å². The van der Waals surface area contributed by atoms with Crippen molar-refractivity contribution >= 4 is 5.91 Å². The number of hydrogen-bond acceptors (Lipinski definition) is 3. The van der Waals surface area contributed by atoms with Crippen molar-refractivity contribution in [2.24, 2.45) is 0 Å². The van der Waals surface area contributed by atoms with Crippen LogP contribution in [0.25, 0.3) is 0 Å². The summed E-state index contributed by atoms with van der Waals surface area (Å²) < 4.78 is 5.67. The Morgan fingerprint density at radius 3 is 2.84 bits per heavy atom. The van der Waals surface area contributed by atoms with Gasteiger partial charge in [0.15, 0.2) is 6.10 Å². The van der Waals surface area contributed by atoms with Gasteiger partial charge < -0.3 is 15.0 Å². The first-order valence-electron chi connectivity index (χ1n) is 6.91. The van der Waals surface area contributed by atoms with E-state index in [0.29, 0.717) is 12.6 Å². The Morgan fingerprint density at radius 1 is 1.47 bits per heavy atom. The molecule has 0 spiro atoms. The molecule has 4 nitrogen and oxygen atoms in total. The van der Waals surface area contributed by atoms with Crippen LogP contribution in [0.15, 0.2) is 30.3 Å². The smallest absolute Gasteiger partial charge is 0.256 e. The summed E-state index contributed by atoms with van der Waals surface area (Å²) in [6, 6.07) is 10.1. The topological polar surface area (TPSA) is 41.6 Å². The maximum absolute atomic E-state index is 12.6. The van der Waals surface area contributed by atoms with Gasteiger partial charge >= 0.3 is 0 Å². The SMILES string of the molecule is CCOC(C(=O)N1CCNC(C)C1)c1ccccc1. The van der Waals surface area contributed by atoms with Crippen LogP contribution in [0, 0.1) is 0 Å². The molecule has 1 saturated heterocycles. The Morgan fingerprint density at radius 2 is 2.21 bits per heavy atom. The molecular formula is C15H22N2O2. The highest BCUT2D eigenvalue weighted by Gasteiger charge is 2.28. The molecule has 0 bridgehead atoms. The summed E-state index contributed by atoms with van der Waals surface area (Å²) in [6.45, 7) is 6.89. The molecule has 1 aromatic rings. The van der Waals surface area contributed by atoms with Crippen LogP contribution in [0.4, 0.5) is 0 Å². The summed E-state index contributed by atoms with van der Waals surface area (Å²) in [5, 5.41) is 3.34. The summed E-state index contributed by atoms with van der Waals surface area (Å²) in [5.41, 5.74) is 0.931. The molecule has 0 radical (unpaired) electrons. The van der Waals surface area contributed by atoms with Crippen LogP contribution >= 0.6 is 0 Å². The van der Waals surface area contributed by atoms with Gasteiger partial charge in [-0.3, -0.25) is 4.79 Å². The van der Waals surface area contributed by atoms with E-state index in [2.05, 4.69) is 12.2 Å². The summed E-state index contributed by atoms with van der Waals surface area (Å²) in [6.07, 6.45) is -0.475. The molecule has 4 heteroatoms. The van der Waals surface area contributed by atoms with Crippen molar-refractivity contribution in [3.8, 4) is 0 Å². The van der Waals surface area contributed by atoms with Crippen LogP contribution in [0.1, 0.15) is 25.5 Å². The summed E-state index contributed by atoms with van der Waals surface area (Å²) in [4.78, 5) is 14.5. The summed E-state index contributed by atoms with van der Waals surface area (Å²) in [5.74, 6) is 0.0707. The zero-order valence-electron chi connectivity index (χ0n) is 11.6. The predicted octanol–water partition coefficient (Wildman–Crippen LogP) is 1.58. The normalized spacial score (nSPS) is 21.2. The number of hydrogen-bond donors (Lipinski definition) is 1. The Hall–Kier alpha value is -1.39. The van der Waals surface area contributed by atoms with Gasteiger partial charge in [0.05, 0.1) is 0 Å². The van der Waals surface area contributed by atoms with Crippen molar-refractivity contribution in [2.75, 3.05) is 26.2 Å². The van der Waals surface area contributed by atoms with Crippen LogP contribution in [-0.2, 0) is 9.53 Å². The Labute approximate surface area is 114 Å². The molecule has 19 heavy (non-hydrogen) atoms. The fourth-order valence-electron chi connectivity index (χ4n) is 2.40. The van der Waals surface area contributed by atoms with Crippen LogP contribution in [0.3, 0.4) is 0 Å². The zero-order chi connectivity index (χ0) is 13.7. The van der Waals surface area contributed by atoms with Gasteiger partial charge in [0.1, 0.15) is 0 Å². The number of amides is 1. The van der Waals surface area contributed by atoms with E-state index >= 15 is 0 Å². The van der Waals surface area contributed by atoms with Gasteiger partial charge in [-0.25, -0.2) is 0 Å². The van der Waals surface area contributed by atoms with Crippen LogP contribution < -0.4 is 5.32 Å². The fraction of sp³-hybridized carbons (Fsp3) is 0.533. The third-order valence-electron chi connectivity index (χ3n) is 3.34. The average Bonchev–Trinajstić information content (AvgIpc) is 2.45. The van der Waals surface area contributed by atoms with Gasteiger partial charge in [-0.1, -0.05) is 30.3 Å². The van der Waals surface area contributed by atoms with E-state index in [0.717, 1.165) is 25.2 Å². The second kappa shape index (κ2) is 6.68. The number of carbonyl (C=O) groups excluding carboxylic acids is 1. The van der Waals surface area contributed by atoms with Crippen molar-refractivity contribution in [2.45, 2.75) is 26.0 Å². The standard InChI is InChI=1S/C15H22N2O2/c1-3-19-14(13-7-5-4-6-8-13)15(18)17-10-9-16-12(2)11-17/h4-8,12,14,16H,3,9-11H2,1-2H3. The number of ether oxygens (including phenoxy) is 1. The van der Waals surface area contributed by atoms with Crippen molar-refractivity contribution in [1.29, 1.82) is 0 Å². The lowest BCUT2D eigenvalue weighted by Crippen LogP contribution is -2.52. The molecular weight excluding hydrogens is 240 g/mol. The van der Waals surface area contributed by atoms with Crippen molar-refractivity contribution < 1.29 is 9.53 Å². The van der Waals surface area contributed by atoms with E-state index in [1.807, 2.05) is 42.2 Å². The van der Waals surface area contributed by atoms with Gasteiger partial charge in [-0.05, 0) is 19.4 Å². The molecule has 2 atom stereocenters. The zero-order valence-corrected chi connectivity index (χ0v) is 11.6. The molecule has 1 aromatic carbocycles. The quantitative estimate of drug-likeness (QED) is 0.896. The fourth-order valence-corrected chi connectivity index (χ4v) is 2.40. The molecule has 1 heterocycles. The molecule has 0 saturated carbocycles. The summed E-state index contributed by atoms with van der Waals surface area (Å²) >= 11 is 0. The van der Waals surface area contributed by atoms with Crippen molar-refractivity contribution in [1.82, 2.24) is 10.2 Å². The average molecular weight is 262 g/mol. The number of nitrogens with one attached hydrogen (secondary N) is 1. The minimum Gasteiger partial charge on any atom is -0.364 e. The lowest BCUT2D eigenvalue weighted by atomic mass is 10.1. The van der Waals surface area contributed by atoms with Gasteiger partial charge in [-0.15, -0.1) is 0 Å².